The number of benzene rings is 3. The molecule has 37 heavy (non-hydrogen) atoms. The first-order valence-corrected chi connectivity index (χ1v) is 13.1. The zero-order valence-corrected chi connectivity index (χ0v) is 21.9. The Hall–Kier alpha value is -3.62. The van der Waals surface area contributed by atoms with E-state index in [9.17, 15) is 9.59 Å². The Morgan fingerprint density at radius 2 is 1.89 bits per heavy atom. The number of halogens is 1. The monoisotopic (exact) mass is 532 g/mol. The number of carbonyl (C=O) groups is 2. The summed E-state index contributed by atoms with van der Waals surface area (Å²) in [7, 11) is 1.51. The summed E-state index contributed by atoms with van der Waals surface area (Å²) < 4.78 is 5.29. The Bertz CT molecular complexity index is 1390. The molecule has 0 fully saturated rings. The van der Waals surface area contributed by atoms with Crippen molar-refractivity contribution < 1.29 is 14.3 Å². The SMILES string of the molecule is COc1ccc(Cl)cc1NC(=O)C[C@H]1SC(N2N=C(c3ccc(C)cc3)C[C@H]2c2ccccc2)=NC1=O. The van der Waals surface area contributed by atoms with Gasteiger partial charge in [-0.25, -0.2) is 5.01 Å². The van der Waals surface area contributed by atoms with Crippen molar-refractivity contribution in [3.8, 4) is 5.75 Å². The molecule has 2 amide bonds. The van der Waals surface area contributed by atoms with Gasteiger partial charge < -0.3 is 10.1 Å². The van der Waals surface area contributed by atoms with Gasteiger partial charge in [0.05, 0.1) is 24.6 Å². The van der Waals surface area contributed by atoms with Crippen LogP contribution in [-0.4, -0.2) is 40.1 Å². The summed E-state index contributed by atoms with van der Waals surface area (Å²) in [6, 6.07) is 23.2. The van der Waals surface area contributed by atoms with Crippen LogP contribution in [0.15, 0.2) is 82.9 Å². The van der Waals surface area contributed by atoms with Gasteiger partial charge in [-0.15, -0.1) is 0 Å². The van der Waals surface area contributed by atoms with Crippen LogP contribution in [0.3, 0.4) is 0 Å². The largest absolute Gasteiger partial charge is 0.495 e. The summed E-state index contributed by atoms with van der Waals surface area (Å²) in [4.78, 5) is 29.9. The fraction of sp³-hybridized carbons (Fsp3) is 0.214. The zero-order chi connectivity index (χ0) is 25.9. The molecule has 2 aliphatic rings. The Morgan fingerprint density at radius 1 is 1.14 bits per heavy atom. The third kappa shape index (κ3) is 5.55. The number of hydrazone groups is 1. The highest BCUT2D eigenvalue weighted by atomic mass is 35.5. The van der Waals surface area contributed by atoms with E-state index in [2.05, 4.69) is 46.7 Å². The van der Waals surface area contributed by atoms with Crippen molar-refractivity contribution in [2.24, 2.45) is 10.1 Å². The highest BCUT2D eigenvalue weighted by molar-refractivity contribution is 8.15. The third-order valence-corrected chi connectivity index (χ3v) is 7.59. The van der Waals surface area contributed by atoms with Crippen molar-refractivity contribution in [1.82, 2.24) is 5.01 Å². The Labute approximate surface area is 224 Å². The van der Waals surface area contributed by atoms with Gasteiger partial charge >= 0.3 is 0 Å². The van der Waals surface area contributed by atoms with Crippen molar-refractivity contribution in [2.75, 3.05) is 12.4 Å². The number of nitrogens with one attached hydrogen (secondary N) is 1. The van der Waals surface area contributed by atoms with Gasteiger partial charge in [0.2, 0.25) is 5.91 Å². The Balaban J connectivity index is 1.34. The van der Waals surface area contributed by atoms with Crippen LogP contribution in [0.1, 0.15) is 35.6 Å². The van der Waals surface area contributed by atoms with E-state index < -0.39 is 5.25 Å². The number of aryl methyl sites for hydroxylation is 1. The summed E-state index contributed by atoms with van der Waals surface area (Å²) in [5.41, 5.74) is 4.68. The molecule has 5 rings (SSSR count). The van der Waals surface area contributed by atoms with E-state index in [1.54, 1.807) is 18.2 Å². The summed E-state index contributed by atoms with van der Waals surface area (Å²) in [6.45, 7) is 2.05. The summed E-state index contributed by atoms with van der Waals surface area (Å²) in [5, 5.41) is 9.84. The van der Waals surface area contributed by atoms with Gasteiger partial charge in [-0.05, 0) is 36.2 Å². The lowest BCUT2D eigenvalue weighted by molar-refractivity contribution is -0.121. The third-order valence-electron chi connectivity index (χ3n) is 6.21. The molecule has 7 nitrogen and oxygen atoms in total. The van der Waals surface area contributed by atoms with Crippen LogP contribution in [0.5, 0.6) is 5.75 Å². The maximum atomic E-state index is 12.8. The first-order chi connectivity index (χ1) is 17.9. The number of hydrogen-bond donors (Lipinski definition) is 1. The summed E-state index contributed by atoms with van der Waals surface area (Å²) in [6.07, 6.45) is 0.644. The number of carbonyl (C=O) groups excluding carboxylic acids is 2. The van der Waals surface area contributed by atoms with Crippen molar-refractivity contribution in [1.29, 1.82) is 0 Å². The predicted octanol–water partition coefficient (Wildman–Crippen LogP) is 5.83. The molecule has 0 saturated carbocycles. The smallest absolute Gasteiger partial charge is 0.262 e. The van der Waals surface area contributed by atoms with E-state index in [1.165, 1.54) is 24.4 Å². The van der Waals surface area contributed by atoms with Crippen LogP contribution in [0.4, 0.5) is 5.69 Å². The molecule has 0 aromatic heterocycles. The first kappa shape index (κ1) is 25.0. The molecule has 0 radical (unpaired) electrons. The second-order valence-corrected chi connectivity index (χ2v) is 10.4. The lowest BCUT2D eigenvalue weighted by atomic mass is 9.98. The molecular formula is C28H25ClN4O3S. The molecule has 3 aromatic rings. The molecular weight excluding hydrogens is 508 g/mol. The number of hydrogen-bond acceptors (Lipinski definition) is 6. The van der Waals surface area contributed by atoms with Crippen molar-refractivity contribution >= 4 is 51.7 Å². The molecule has 2 atom stereocenters. The van der Waals surface area contributed by atoms with Crippen molar-refractivity contribution in [3.63, 3.8) is 0 Å². The van der Waals surface area contributed by atoms with E-state index >= 15 is 0 Å². The number of ether oxygens (including phenoxy) is 1. The molecule has 2 heterocycles. The lowest BCUT2D eigenvalue weighted by Crippen LogP contribution is -2.25. The number of aliphatic imine (C=N–C) groups is 1. The molecule has 1 N–H and O–H groups in total. The minimum Gasteiger partial charge on any atom is -0.495 e. The highest BCUT2D eigenvalue weighted by Gasteiger charge is 2.39. The maximum absolute atomic E-state index is 12.8. The molecule has 3 aromatic carbocycles. The molecule has 2 aliphatic heterocycles. The van der Waals surface area contributed by atoms with Crippen LogP contribution in [0, 0.1) is 6.92 Å². The van der Waals surface area contributed by atoms with Gasteiger partial charge in [0.15, 0.2) is 5.17 Å². The zero-order valence-electron chi connectivity index (χ0n) is 20.3. The molecule has 0 bridgehead atoms. The molecule has 0 aliphatic carbocycles. The maximum Gasteiger partial charge on any atom is 0.262 e. The molecule has 0 unspecified atom stereocenters. The summed E-state index contributed by atoms with van der Waals surface area (Å²) >= 11 is 7.34. The van der Waals surface area contributed by atoms with E-state index in [0.717, 1.165) is 16.8 Å². The van der Waals surface area contributed by atoms with Crippen molar-refractivity contribution in [3.05, 3.63) is 94.5 Å². The van der Waals surface area contributed by atoms with Gasteiger partial charge in [0, 0.05) is 17.9 Å². The molecule has 0 saturated heterocycles. The second kappa shape index (κ2) is 10.8. The van der Waals surface area contributed by atoms with E-state index in [4.69, 9.17) is 21.4 Å². The number of methoxy groups -OCH3 is 1. The van der Waals surface area contributed by atoms with Crippen LogP contribution in [0.25, 0.3) is 0 Å². The highest BCUT2D eigenvalue weighted by Crippen LogP contribution is 2.38. The molecule has 9 heteroatoms. The van der Waals surface area contributed by atoms with E-state index in [-0.39, 0.29) is 24.3 Å². The molecule has 188 valence electrons. The number of rotatable bonds is 6. The second-order valence-electron chi connectivity index (χ2n) is 8.82. The quantitative estimate of drug-likeness (QED) is 0.431. The average molecular weight is 533 g/mol. The molecule has 0 spiro atoms. The topological polar surface area (TPSA) is 83.4 Å². The summed E-state index contributed by atoms with van der Waals surface area (Å²) in [5.74, 6) is -0.187. The lowest BCUT2D eigenvalue weighted by Gasteiger charge is -2.23. The minimum absolute atomic E-state index is 0.0372. The van der Waals surface area contributed by atoms with Gasteiger partial charge in [-0.3, -0.25) is 9.59 Å². The number of thioether (sulfide) groups is 1. The van der Waals surface area contributed by atoms with Crippen LogP contribution >= 0.6 is 23.4 Å². The van der Waals surface area contributed by atoms with Gasteiger partial charge in [-0.2, -0.15) is 10.1 Å². The number of nitrogens with zero attached hydrogens (tertiary/aromatic N) is 3. The standard InChI is InChI=1S/C28H25ClN4O3S/c1-17-8-10-18(11-9-17)21-15-23(19-6-4-3-5-7-19)33(32-21)28-31-27(35)25(37-28)16-26(34)30-22-14-20(29)12-13-24(22)36-2/h3-14,23,25H,15-16H2,1-2H3,(H,30,34)/t23-,25+/m0/s1. The normalized spacial score (nSPS) is 19.0. The average Bonchev–Trinajstić information content (AvgIpc) is 3.49. The fourth-order valence-corrected chi connectivity index (χ4v) is 5.53. The van der Waals surface area contributed by atoms with E-state index in [1.807, 2.05) is 30.1 Å². The van der Waals surface area contributed by atoms with Crippen molar-refractivity contribution in [2.45, 2.75) is 31.1 Å². The van der Waals surface area contributed by atoms with Gasteiger partial charge in [0.1, 0.15) is 11.0 Å². The van der Waals surface area contributed by atoms with E-state index in [0.29, 0.717) is 28.0 Å². The minimum atomic E-state index is -0.643. The van der Waals surface area contributed by atoms with Gasteiger partial charge in [0.25, 0.3) is 5.91 Å². The fourth-order valence-electron chi connectivity index (χ4n) is 4.29. The number of amides is 2. The number of anilines is 1. The number of amidine groups is 1. The first-order valence-electron chi connectivity index (χ1n) is 11.8. The predicted molar refractivity (Wildman–Crippen MR) is 148 cm³/mol. The van der Waals surface area contributed by atoms with Crippen LogP contribution in [0.2, 0.25) is 5.02 Å². The van der Waals surface area contributed by atoms with Crippen LogP contribution < -0.4 is 10.1 Å². The Kier molecular flexibility index (Phi) is 7.30. The Morgan fingerprint density at radius 3 is 2.62 bits per heavy atom. The van der Waals surface area contributed by atoms with Gasteiger partial charge in [-0.1, -0.05) is 83.5 Å². The van der Waals surface area contributed by atoms with Crippen LogP contribution in [-0.2, 0) is 9.59 Å².